The van der Waals surface area contributed by atoms with E-state index in [0.29, 0.717) is 18.5 Å². The highest BCUT2D eigenvalue weighted by Gasteiger charge is 2.14. The predicted molar refractivity (Wildman–Crippen MR) is 72.8 cm³/mol. The van der Waals surface area contributed by atoms with Crippen molar-refractivity contribution in [2.45, 2.75) is 52.6 Å². The average Bonchev–Trinajstić information content (AvgIpc) is 2.26. The lowest BCUT2D eigenvalue weighted by Gasteiger charge is -2.23. The molecule has 0 aliphatic rings. The number of rotatable bonds is 8. The van der Waals surface area contributed by atoms with Gasteiger partial charge in [0.05, 0.1) is 6.04 Å². The lowest BCUT2D eigenvalue weighted by molar-refractivity contribution is -0.122. The first-order valence-electron chi connectivity index (χ1n) is 6.62. The Hall–Kier alpha value is -0.610. The van der Waals surface area contributed by atoms with Crippen LogP contribution in [-0.2, 0) is 4.79 Å². The van der Waals surface area contributed by atoms with Gasteiger partial charge >= 0.3 is 0 Å². The van der Waals surface area contributed by atoms with Gasteiger partial charge in [0.2, 0.25) is 5.91 Å². The Bertz CT molecular complexity index is 219. The summed E-state index contributed by atoms with van der Waals surface area (Å²) in [5, 5.41) is 2.89. The SMILES string of the molecule is CCC(C)N(C)CCNC(=O)C(N)CC(C)C. The van der Waals surface area contributed by atoms with Crippen molar-refractivity contribution in [2.75, 3.05) is 20.1 Å². The Kier molecular flexibility index (Phi) is 8.17. The Morgan fingerprint density at radius 2 is 1.94 bits per heavy atom. The van der Waals surface area contributed by atoms with Crippen molar-refractivity contribution in [3.8, 4) is 0 Å². The molecule has 1 amide bonds. The van der Waals surface area contributed by atoms with Crippen LogP contribution in [0.1, 0.15) is 40.5 Å². The molecule has 0 aromatic rings. The molecular weight excluding hydrogens is 214 g/mol. The Balaban J connectivity index is 3.77. The molecule has 2 atom stereocenters. The molecule has 102 valence electrons. The molecule has 4 heteroatoms. The van der Waals surface area contributed by atoms with Crippen LogP contribution in [0.15, 0.2) is 0 Å². The normalized spacial score (nSPS) is 15.1. The van der Waals surface area contributed by atoms with Crippen molar-refractivity contribution >= 4 is 5.91 Å². The Morgan fingerprint density at radius 1 is 1.35 bits per heavy atom. The van der Waals surface area contributed by atoms with E-state index in [0.717, 1.165) is 19.4 Å². The van der Waals surface area contributed by atoms with Crippen LogP contribution in [0.25, 0.3) is 0 Å². The quantitative estimate of drug-likeness (QED) is 0.673. The molecule has 0 aliphatic carbocycles. The molecule has 0 saturated carbocycles. The number of likely N-dealkylation sites (N-methyl/N-ethyl adjacent to an activating group) is 1. The second-order valence-corrected chi connectivity index (χ2v) is 5.26. The van der Waals surface area contributed by atoms with Crippen molar-refractivity contribution < 1.29 is 4.79 Å². The zero-order chi connectivity index (χ0) is 13.4. The number of amides is 1. The van der Waals surface area contributed by atoms with Gasteiger partial charge in [0.15, 0.2) is 0 Å². The molecule has 0 fully saturated rings. The van der Waals surface area contributed by atoms with Crippen LogP contribution < -0.4 is 11.1 Å². The lowest BCUT2D eigenvalue weighted by atomic mass is 10.0. The molecular formula is C13H29N3O. The molecule has 2 unspecified atom stereocenters. The van der Waals surface area contributed by atoms with Gasteiger partial charge in [0.1, 0.15) is 0 Å². The van der Waals surface area contributed by atoms with Crippen LogP contribution in [0.4, 0.5) is 0 Å². The summed E-state index contributed by atoms with van der Waals surface area (Å²) in [5.74, 6) is 0.426. The third kappa shape index (κ3) is 7.34. The number of hydrogen-bond donors (Lipinski definition) is 2. The molecule has 0 aromatic heterocycles. The maximum Gasteiger partial charge on any atom is 0.236 e. The lowest BCUT2D eigenvalue weighted by Crippen LogP contribution is -2.44. The van der Waals surface area contributed by atoms with Crippen LogP contribution in [0, 0.1) is 5.92 Å². The van der Waals surface area contributed by atoms with Gasteiger partial charge < -0.3 is 16.0 Å². The van der Waals surface area contributed by atoms with E-state index in [1.807, 2.05) is 0 Å². The second-order valence-electron chi connectivity index (χ2n) is 5.26. The van der Waals surface area contributed by atoms with Crippen molar-refractivity contribution in [2.24, 2.45) is 11.7 Å². The molecule has 4 nitrogen and oxygen atoms in total. The van der Waals surface area contributed by atoms with Crippen LogP contribution in [0.2, 0.25) is 0 Å². The highest BCUT2D eigenvalue weighted by molar-refractivity contribution is 5.81. The number of nitrogens with one attached hydrogen (secondary N) is 1. The van der Waals surface area contributed by atoms with E-state index in [4.69, 9.17) is 5.73 Å². The molecule has 0 radical (unpaired) electrons. The number of hydrogen-bond acceptors (Lipinski definition) is 3. The summed E-state index contributed by atoms with van der Waals surface area (Å²) in [6.45, 7) is 10.0. The van der Waals surface area contributed by atoms with Crippen molar-refractivity contribution in [3.05, 3.63) is 0 Å². The van der Waals surface area contributed by atoms with Gasteiger partial charge in [-0.25, -0.2) is 0 Å². The monoisotopic (exact) mass is 243 g/mol. The Morgan fingerprint density at radius 3 is 2.41 bits per heavy atom. The first kappa shape index (κ1) is 16.4. The van der Waals surface area contributed by atoms with E-state index in [9.17, 15) is 4.79 Å². The summed E-state index contributed by atoms with van der Waals surface area (Å²) in [5.41, 5.74) is 5.80. The molecule has 0 aliphatic heterocycles. The molecule has 0 rings (SSSR count). The van der Waals surface area contributed by atoms with E-state index in [-0.39, 0.29) is 11.9 Å². The predicted octanol–water partition coefficient (Wildman–Crippen LogP) is 1.21. The zero-order valence-corrected chi connectivity index (χ0v) is 12.0. The Labute approximate surface area is 106 Å². The first-order chi connectivity index (χ1) is 7.88. The maximum atomic E-state index is 11.6. The molecule has 0 heterocycles. The summed E-state index contributed by atoms with van der Waals surface area (Å²) in [6, 6.07) is 0.181. The zero-order valence-electron chi connectivity index (χ0n) is 12.0. The molecule has 0 bridgehead atoms. The summed E-state index contributed by atoms with van der Waals surface area (Å²) in [6.07, 6.45) is 1.87. The highest BCUT2D eigenvalue weighted by Crippen LogP contribution is 2.02. The standard InChI is InChI=1S/C13H29N3O/c1-6-11(4)16(5)8-7-15-13(17)12(14)9-10(2)3/h10-12H,6-9,14H2,1-5H3,(H,15,17). The van der Waals surface area contributed by atoms with Gasteiger partial charge in [-0.2, -0.15) is 0 Å². The summed E-state index contributed by atoms with van der Waals surface area (Å²) < 4.78 is 0. The number of nitrogens with zero attached hydrogens (tertiary/aromatic N) is 1. The summed E-state index contributed by atoms with van der Waals surface area (Å²) >= 11 is 0. The van der Waals surface area contributed by atoms with E-state index in [2.05, 4.69) is 45.0 Å². The van der Waals surface area contributed by atoms with E-state index in [1.54, 1.807) is 0 Å². The van der Waals surface area contributed by atoms with Gasteiger partial charge in [0.25, 0.3) is 0 Å². The number of carbonyl (C=O) groups excluding carboxylic acids is 1. The van der Waals surface area contributed by atoms with Gasteiger partial charge in [-0.1, -0.05) is 20.8 Å². The van der Waals surface area contributed by atoms with Crippen molar-refractivity contribution in [1.29, 1.82) is 0 Å². The second kappa shape index (κ2) is 8.48. The minimum absolute atomic E-state index is 0.0312. The number of carbonyl (C=O) groups is 1. The minimum atomic E-state index is -0.371. The fourth-order valence-corrected chi connectivity index (χ4v) is 1.63. The summed E-state index contributed by atoms with van der Waals surface area (Å²) in [7, 11) is 2.08. The molecule has 17 heavy (non-hydrogen) atoms. The fraction of sp³-hybridized carbons (Fsp3) is 0.923. The number of nitrogens with two attached hydrogens (primary N) is 1. The largest absolute Gasteiger partial charge is 0.353 e. The topological polar surface area (TPSA) is 58.4 Å². The molecule has 0 aromatic carbocycles. The van der Waals surface area contributed by atoms with Crippen LogP contribution in [0.5, 0.6) is 0 Å². The van der Waals surface area contributed by atoms with E-state index < -0.39 is 0 Å². The van der Waals surface area contributed by atoms with Crippen molar-refractivity contribution in [3.63, 3.8) is 0 Å². The summed E-state index contributed by atoms with van der Waals surface area (Å²) in [4.78, 5) is 13.9. The molecule has 0 saturated heterocycles. The van der Waals surface area contributed by atoms with E-state index >= 15 is 0 Å². The highest BCUT2D eigenvalue weighted by atomic mass is 16.2. The minimum Gasteiger partial charge on any atom is -0.353 e. The fourth-order valence-electron chi connectivity index (χ4n) is 1.63. The van der Waals surface area contributed by atoms with Crippen LogP contribution >= 0.6 is 0 Å². The smallest absolute Gasteiger partial charge is 0.236 e. The van der Waals surface area contributed by atoms with Gasteiger partial charge in [-0.3, -0.25) is 4.79 Å². The van der Waals surface area contributed by atoms with Gasteiger partial charge in [-0.05, 0) is 32.7 Å². The maximum absolute atomic E-state index is 11.6. The first-order valence-corrected chi connectivity index (χ1v) is 6.62. The van der Waals surface area contributed by atoms with Gasteiger partial charge in [0, 0.05) is 19.1 Å². The van der Waals surface area contributed by atoms with Crippen molar-refractivity contribution in [1.82, 2.24) is 10.2 Å². The average molecular weight is 243 g/mol. The van der Waals surface area contributed by atoms with E-state index in [1.165, 1.54) is 0 Å². The van der Waals surface area contributed by atoms with Crippen LogP contribution in [0.3, 0.4) is 0 Å². The molecule has 3 N–H and O–H groups in total. The van der Waals surface area contributed by atoms with Crippen LogP contribution in [-0.4, -0.2) is 43.0 Å². The third-order valence-electron chi connectivity index (χ3n) is 3.17. The third-order valence-corrected chi connectivity index (χ3v) is 3.17. The van der Waals surface area contributed by atoms with Gasteiger partial charge in [-0.15, -0.1) is 0 Å². The molecule has 0 spiro atoms.